The Bertz CT molecular complexity index is 1040. The SMILES string of the molecule is O=S(=O)(Cc1ccc(F)cc1)Nc1cccc(-c2cnc3n2CCC3)c1. The highest BCUT2D eigenvalue weighted by Crippen LogP contribution is 2.27. The predicted octanol–water partition coefficient (Wildman–Crippen LogP) is 3.58. The molecular formula is C19H18FN3O2S. The monoisotopic (exact) mass is 371 g/mol. The van der Waals surface area contributed by atoms with Crippen LogP contribution in [0.1, 0.15) is 17.8 Å². The first-order chi connectivity index (χ1) is 12.5. The molecule has 0 unspecified atom stereocenters. The van der Waals surface area contributed by atoms with Gasteiger partial charge >= 0.3 is 0 Å². The van der Waals surface area contributed by atoms with E-state index >= 15 is 0 Å². The maximum Gasteiger partial charge on any atom is 0.236 e. The van der Waals surface area contributed by atoms with E-state index in [1.807, 2.05) is 24.4 Å². The van der Waals surface area contributed by atoms with Gasteiger partial charge in [0.1, 0.15) is 11.6 Å². The van der Waals surface area contributed by atoms with E-state index in [9.17, 15) is 12.8 Å². The summed E-state index contributed by atoms with van der Waals surface area (Å²) in [5, 5.41) is 0. The highest BCUT2D eigenvalue weighted by Gasteiger charge is 2.17. The van der Waals surface area contributed by atoms with Crippen molar-refractivity contribution < 1.29 is 12.8 Å². The van der Waals surface area contributed by atoms with Gasteiger partial charge in [0.25, 0.3) is 0 Å². The van der Waals surface area contributed by atoms with Crippen LogP contribution in [0.2, 0.25) is 0 Å². The van der Waals surface area contributed by atoms with Crippen LogP contribution < -0.4 is 4.72 Å². The maximum atomic E-state index is 13.0. The summed E-state index contributed by atoms with van der Waals surface area (Å²) >= 11 is 0. The Balaban J connectivity index is 1.55. The third-order valence-corrected chi connectivity index (χ3v) is 5.68. The van der Waals surface area contributed by atoms with E-state index in [2.05, 4.69) is 14.3 Å². The number of aromatic nitrogens is 2. The van der Waals surface area contributed by atoms with Crippen molar-refractivity contribution in [2.24, 2.45) is 0 Å². The zero-order chi connectivity index (χ0) is 18.1. The molecular weight excluding hydrogens is 353 g/mol. The largest absolute Gasteiger partial charge is 0.328 e. The highest BCUT2D eigenvalue weighted by molar-refractivity contribution is 7.91. The lowest BCUT2D eigenvalue weighted by Gasteiger charge is -2.10. The van der Waals surface area contributed by atoms with Gasteiger partial charge in [-0.15, -0.1) is 0 Å². The molecule has 0 fully saturated rings. The molecule has 0 saturated carbocycles. The highest BCUT2D eigenvalue weighted by atomic mass is 32.2. The Labute approximate surface area is 151 Å². The smallest absolute Gasteiger partial charge is 0.236 e. The molecule has 0 aliphatic carbocycles. The molecule has 7 heteroatoms. The predicted molar refractivity (Wildman–Crippen MR) is 98.6 cm³/mol. The number of imidazole rings is 1. The van der Waals surface area contributed by atoms with Gasteiger partial charge in [0.05, 0.1) is 17.6 Å². The number of aryl methyl sites for hydroxylation is 1. The van der Waals surface area contributed by atoms with Crippen LogP contribution in [-0.2, 0) is 28.7 Å². The third-order valence-electron chi connectivity index (χ3n) is 4.42. The van der Waals surface area contributed by atoms with E-state index < -0.39 is 10.0 Å². The topological polar surface area (TPSA) is 64.0 Å². The van der Waals surface area contributed by atoms with Crippen molar-refractivity contribution >= 4 is 15.7 Å². The number of nitrogens with zero attached hydrogens (tertiary/aromatic N) is 2. The Kier molecular flexibility index (Phi) is 4.24. The van der Waals surface area contributed by atoms with Gasteiger partial charge in [-0.05, 0) is 36.2 Å². The summed E-state index contributed by atoms with van der Waals surface area (Å²) in [4.78, 5) is 4.43. The molecule has 0 radical (unpaired) electrons. The molecule has 0 amide bonds. The number of fused-ring (bicyclic) bond motifs is 1. The van der Waals surface area contributed by atoms with Crippen molar-refractivity contribution in [1.29, 1.82) is 0 Å². The van der Waals surface area contributed by atoms with Crippen LogP contribution in [0.3, 0.4) is 0 Å². The Morgan fingerprint density at radius 3 is 2.77 bits per heavy atom. The minimum absolute atomic E-state index is 0.209. The second-order valence-electron chi connectivity index (χ2n) is 6.38. The first-order valence-electron chi connectivity index (χ1n) is 8.40. The van der Waals surface area contributed by atoms with Crippen molar-refractivity contribution in [3.8, 4) is 11.3 Å². The molecule has 3 aromatic rings. The molecule has 4 rings (SSSR count). The van der Waals surface area contributed by atoms with Gasteiger partial charge in [-0.3, -0.25) is 4.72 Å². The fourth-order valence-corrected chi connectivity index (χ4v) is 4.44. The van der Waals surface area contributed by atoms with Gasteiger partial charge in [-0.2, -0.15) is 0 Å². The standard InChI is InChI=1S/C19H18FN3O2S/c20-16-8-6-14(7-9-16)13-26(24,25)22-17-4-1-3-15(11-17)18-12-21-19-5-2-10-23(18)19/h1,3-4,6-9,11-12,22H,2,5,10,13H2. The lowest BCUT2D eigenvalue weighted by Crippen LogP contribution is -2.15. The number of sulfonamides is 1. The second-order valence-corrected chi connectivity index (χ2v) is 8.11. The summed E-state index contributed by atoms with van der Waals surface area (Å²) in [5.41, 5.74) is 2.95. The molecule has 1 aliphatic heterocycles. The number of nitrogens with one attached hydrogen (secondary N) is 1. The van der Waals surface area contributed by atoms with E-state index in [0.717, 1.165) is 36.5 Å². The van der Waals surface area contributed by atoms with Crippen molar-refractivity contribution in [3.63, 3.8) is 0 Å². The summed E-state index contributed by atoms with van der Waals surface area (Å²) < 4.78 is 42.6. The van der Waals surface area contributed by atoms with Gasteiger partial charge in [0.2, 0.25) is 10.0 Å². The summed E-state index contributed by atoms with van der Waals surface area (Å²) in [5.74, 6) is 0.474. The van der Waals surface area contributed by atoms with Crippen LogP contribution in [0, 0.1) is 5.82 Å². The number of hydrogen-bond donors (Lipinski definition) is 1. The normalized spacial score (nSPS) is 13.6. The molecule has 1 aliphatic rings. The first-order valence-corrected chi connectivity index (χ1v) is 10.1. The minimum Gasteiger partial charge on any atom is -0.328 e. The molecule has 0 spiro atoms. The van der Waals surface area contributed by atoms with E-state index in [0.29, 0.717) is 11.3 Å². The first kappa shape index (κ1) is 16.8. The van der Waals surface area contributed by atoms with Crippen LogP contribution in [0.5, 0.6) is 0 Å². The molecule has 5 nitrogen and oxygen atoms in total. The number of hydrogen-bond acceptors (Lipinski definition) is 3. The maximum absolute atomic E-state index is 13.0. The molecule has 134 valence electrons. The lowest BCUT2D eigenvalue weighted by atomic mass is 10.1. The molecule has 2 heterocycles. The van der Waals surface area contributed by atoms with Crippen molar-refractivity contribution in [2.45, 2.75) is 25.1 Å². The van der Waals surface area contributed by atoms with Crippen LogP contribution in [0.15, 0.2) is 54.7 Å². The van der Waals surface area contributed by atoms with Crippen molar-refractivity contribution in [1.82, 2.24) is 9.55 Å². The van der Waals surface area contributed by atoms with E-state index in [1.54, 1.807) is 6.07 Å². The Morgan fingerprint density at radius 1 is 1.15 bits per heavy atom. The second kappa shape index (κ2) is 6.57. The summed E-state index contributed by atoms with van der Waals surface area (Å²) in [6.07, 6.45) is 3.89. The number of anilines is 1. The molecule has 26 heavy (non-hydrogen) atoms. The third kappa shape index (κ3) is 3.48. The zero-order valence-corrected chi connectivity index (χ0v) is 14.8. The number of halogens is 1. The van der Waals surface area contributed by atoms with Crippen molar-refractivity contribution in [2.75, 3.05) is 4.72 Å². The van der Waals surface area contributed by atoms with Gasteiger partial charge in [-0.1, -0.05) is 24.3 Å². The molecule has 1 aromatic heterocycles. The Morgan fingerprint density at radius 2 is 1.96 bits per heavy atom. The van der Waals surface area contributed by atoms with E-state index in [-0.39, 0.29) is 11.6 Å². The lowest BCUT2D eigenvalue weighted by molar-refractivity contribution is 0.600. The van der Waals surface area contributed by atoms with E-state index in [1.165, 1.54) is 24.3 Å². The van der Waals surface area contributed by atoms with Gasteiger partial charge in [-0.25, -0.2) is 17.8 Å². The van der Waals surface area contributed by atoms with Crippen molar-refractivity contribution in [3.05, 3.63) is 71.9 Å². The zero-order valence-electron chi connectivity index (χ0n) is 14.0. The van der Waals surface area contributed by atoms with Gasteiger partial charge < -0.3 is 4.57 Å². The molecule has 0 bridgehead atoms. The fraction of sp³-hybridized carbons (Fsp3) is 0.211. The molecule has 1 N–H and O–H groups in total. The van der Waals surface area contributed by atoms with E-state index in [4.69, 9.17) is 0 Å². The summed E-state index contributed by atoms with van der Waals surface area (Å²) in [6, 6.07) is 12.7. The molecule has 0 atom stereocenters. The van der Waals surface area contributed by atoms with Gasteiger partial charge in [0.15, 0.2) is 0 Å². The Hall–Kier alpha value is -2.67. The van der Waals surface area contributed by atoms with Crippen LogP contribution in [0.4, 0.5) is 10.1 Å². The minimum atomic E-state index is -3.59. The van der Waals surface area contributed by atoms with Crippen LogP contribution in [-0.4, -0.2) is 18.0 Å². The summed E-state index contributed by atoms with van der Waals surface area (Å²) in [6.45, 7) is 0.936. The molecule has 2 aromatic carbocycles. The number of benzene rings is 2. The number of rotatable bonds is 5. The van der Waals surface area contributed by atoms with Gasteiger partial charge in [0, 0.05) is 24.2 Å². The average molecular weight is 371 g/mol. The quantitative estimate of drug-likeness (QED) is 0.746. The van der Waals surface area contributed by atoms with Crippen LogP contribution >= 0.6 is 0 Å². The average Bonchev–Trinajstić information content (AvgIpc) is 3.20. The summed E-state index contributed by atoms with van der Waals surface area (Å²) in [7, 11) is -3.59. The molecule has 0 saturated heterocycles. The fourth-order valence-electron chi connectivity index (χ4n) is 3.25. The van der Waals surface area contributed by atoms with Crippen LogP contribution in [0.25, 0.3) is 11.3 Å².